The molecule has 0 aromatic carbocycles. The Morgan fingerprint density at radius 1 is 1.47 bits per heavy atom. The number of anilines is 1. The Hall–Kier alpha value is -1.21. The van der Waals surface area contributed by atoms with Gasteiger partial charge in [0.05, 0.1) is 11.4 Å². The van der Waals surface area contributed by atoms with Crippen molar-refractivity contribution in [2.45, 2.75) is 12.9 Å². The first kappa shape index (κ1) is 11.9. The zero-order valence-corrected chi connectivity index (χ0v) is 8.06. The molecule has 0 aliphatic heterocycles. The fourth-order valence-corrected chi connectivity index (χ4v) is 0.995. The first-order chi connectivity index (χ1) is 6.83. The van der Waals surface area contributed by atoms with Crippen molar-refractivity contribution in [2.75, 3.05) is 5.73 Å². The average molecular weight is 242 g/mol. The third kappa shape index (κ3) is 3.14. The molecular formula is C7H7ClF3N3O. The van der Waals surface area contributed by atoms with Crippen LogP contribution in [0.2, 0.25) is 5.02 Å². The molecule has 0 saturated heterocycles. The number of ether oxygens (including phenoxy) is 1. The number of aromatic nitrogens is 1. The normalized spacial score (nSPS) is 11.5. The quantitative estimate of drug-likeness (QED) is 0.826. The summed E-state index contributed by atoms with van der Waals surface area (Å²) in [6.45, 7) is -0.0599. The van der Waals surface area contributed by atoms with Gasteiger partial charge in [-0.25, -0.2) is 4.98 Å². The molecule has 84 valence electrons. The number of pyridine rings is 1. The standard InChI is InChI=1S/C7H7ClF3N3O/c8-5-4(13)1-3(2-12)14-6(5)15-7(9,10)11/h1H,2,12H2,(H2,13,14). The van der Waals surface area contributed by atoms with Crippen molar-refractivity contribution < 1.29 is 17.9 Å². The molecule has 0 bridgehead atoms. The molecule has 1 aromatic rings. The smallest absolute Gasteiger partial charge is 0.397 e. The Bertz CT molecular complexity index is 369. The van der Waals surface area contributed by atoms with Crippen LogP contribution >= 0.6 is 11.6 Å². The maximum atomic E-state index is 11.9. The van der Waals surface area contributed by atoms with Crippen molar-refractivity contribution in [3.63, 3.8) is 0 Å². The molecule has 0 unspecified atom stereocenters. The van der Waals surface area contributed by atoms with Gasteiger partial charge in [-0.15, -0.1) is 13.2 Å². The summed E-state index contributed by atoms with van der Waals surface area (Å²) in [5.74, 6) is -0.787. The van der Waals surface area contributed by atoms with Gasteiger partial charge in [0.2, 0.25) is 5.88 Å². The van der Waals surface area contributed by atoms with E-state index in [4.69, 9.17) is 23.1 Å². The van der Waals surface area contributed by atoms with Gasteiger partial charge in [-0.1, -0.05) is 11.6 Å². The number of nitrogen functional groups attached to an aromatic ring is 1. The third-order valence-corrected chi connectivity index (χ3v) is 1.81. The van der Waals surface area contributed by atoms with Crippen LogP contribution in [0.4, 0.5) is 18.9 Å². The minimum atomic E-state index is -4.86. The largest absolute Gasteiger partial charge is 0.574 e. The molecule has 1 heterocycles. The van der Waals surface area contributed by atoms with Gasteiger partial charge in [-0.2, -0.15) is 0 Å². The fourth-order valence-electron chi connectivity index (χ4n) is 0.860. The molecule has 0 amide bonds. The van der Waals surface area contributed by atoms with E-state index in [1.807, 2.05) is 0 Å². The van der Waals surface area contributed by atoms with Crippen LogP contribution in [0.5, 0.6) is 5.88 Å². The molecule has 0 aliphatic carbocycles. The van der Waals surface area contributed by atoms with Crippen molar-refractivity contribution in [2.24, 2.45) is 5.73 Å². The van der Waals surface area contributed by atoms with E-state index < -0.39 is 12.2 Å². The third-order valence-electron chi connectivity index (χ3n) is 1.43. The van der Waals surface area contributed by atoms with Crippen LogP contribution in [0.15, 0.2) is 6.07 Å². The highest BCUT2D eigenvalue weighted by atomic mass is 35.5. The zero-order chi connectivity index (χ0) is 11.6. The molecule has 0 aliphatic rings. The molecule has 0 radical (unpaired) electrons. The molecule has 1 rings (SSSR count). The molecule has 0 saturated carbocycles. The lowest BCUT2D eigenvalue weighted by Gasteiger charge is -2.11. The second kappa shape index (κ2) is 4.11. The average Bonchev–Trinajstić information content (AvgIpc) is 2.10. The Kier molecular flexibility index (Phi) is 3.25. The molecule has 4 N–H and O–H groups in total. The molecule has 0 spiro atoms. The summed E-state index contributed by atoms with van der Waals surface area (Å²) in [5, 5.41) is -0.385. The molecule has 0 fully saturated rings. The van der Waals surface area contributed by atoms with Crippen LogP contribution < -0.4 is 16.2 Å². The first-order valence-electron chi connectivity index (χ1n) is 3.74. The number of halogens is 4. The number of alkyl halides is 3. The Labute approximate surface area is 88.0 Å². The molecule has 0 atom stereocenters. The minimum absolute atomic E-state index is 0.0599. The Balaban J connectivity index is 3.11. The van der Waals surface area contributed by atoms with E-state index in [0.29, 0.717) is 0 Å². The minimum Gasteiger partial charge on any atom is -0.397 e. The lowest BCUT2D eigenvalue weighted by Crippen LogP contribution is -2.19. The SMILES string of the molecule is NCc1cc(N)c(Cl)c(OC(F)(F)F)n1. The second-order valence-corrected chi connectivity index (χ2v) is 2.95. The lowest BCUT2D eigenvalue weighted by atomic mass is 10.3. The van der Waals surface area contributed by atoms with E-state index in [-0.39, 0.29) is 22.9 Å². The van der Waals surface area contributed by atoms with Crippen LogP contribution in [0.25, 0.3) is 0 Å². The highest BCUT2D eigenvalue weighted by Crippen LogP contribution is 2.32. The highest BCUT2D eigenvalue weighted by Gasteiger charge is 2.33. The van der Waals surface area contributed by atoms with Gasteiger partial charge in [0.1, 0.15) is 5.02 Å². The summed E-state index contributed by atoms with van der Waals surface area (Å²) in [6.07, 6.45) is -4.86. The summed E-state index contributed by atoms with van der Waals surface area (Å²) in [7, 11) is 0. The van der Waals surface area contributed by atoms with Gasteiger partial charge in [0, 0.05) is 6.54 Å². The molecule has 1 aromatic heterocycles. The van der Waals surface area contributed by atoms with Gasteiger partial charge >= 0.3 is 6.36 Å². The second-order valence-electron chi connectivity index (χ2n) is 2.57. The van der Waals surface area contributed by atoms with Gasteiger partial charge in [-0.05, 0) is 6.07 Å². The number of hydrogen-bond donors (Lipinski definition) is 2. The van der Waals surface area contributed by atoms with Gasteiger partial charge in [0.25, 0.3) is 0 Å². The maximum Gasteiger partial charge on any atom is 0.574 e. The summed E-state index contributed by atoms with van der Waals surface area (Å²) >= 11 is 5.47. The van der Waals surface area contributed by atoms with Crippen molar-refractivity contribution >= 4 is 17.3 Å². The summed E-state index contributed by atoms with van der Waals surface area (Å²) < 4.78 is 39.3. The van der Waals surface area contributed by atoms with Crippen LogP contribution in [0, 0.1) is 0 Å². The van der Waals surface area contributed by atoms with Crippen molar-refractivity contribution in [1.29, 1.82) is 0 Å². The summed E-state index contributed by atoms with van der Waals surface area (Å²) in [6, 6.07) is 1.28. The lowest BCUT2D eigenvalue weighted by molar-refractivity contribution is -0.276. The predicted octanol–water partition coefficient (Wildman–Crippen LogP) is 1.67. The Morgan fingerprint density at radius 2 is 2.07 bits per heavy atom. The fraction of sp³-hybridized carbons (Fsp3) is 0.286. The molecular weight excluding hydrogens is 235 g/mol. The van der Waals surface area contributed by atoms with E-state index in [2.05, 4.69) is 9.72 Å². The zero-order valence-electron chi connectivity index (χ0n) is 7.31. The van der Waals surface area contributed by atoms with Gasteiger partial charge in [0.15, 0.2) is 0 Å². The predicted molar refractivity (Wildman–Crippen MR) is 48.2 cm³/mol. The van der Waals surface area contributed by atoms with Crippen LogP contribution in [-0.2, 0) is 6.54 Å². The molecule has 15 heavy (non-hydrogen) atoms. The van der Waals surface area contributed by atoms with Crippen molar-refractivity contribution in [3.05, 3.63) is 16.8 Å². The Morgan fingerprint density at radius 3 is 2.53 bits per heavy atom. The van der Waals surface area contributed by atoms with E-state index in [0.717, 1.165) is 0 Å². The van der Waals surface area contributed by atoms with Crippen LogP contribution in [0.1, 0.15) is 5.69 Å². The summed E-state index contributed by atoms with van der Waals surface area (Å²) in [5.41, 5.74) is 10.6. The van der Waals surface area contributed by atoms with E-state index in [9.17, 15) is 13.2 Å². The topological polar surface area (TPSA) is 74.2 Å². The van der Waals surface area contributed by atoms with E-state index in [1.165, 1.54) is 6.07 Å². The number of hydrogen-bond acceptors (Lipinski definition) is 4. The van der Waals surface area contributed by atoms with Crippen LogP contribution in [-0.4, -0.2) is 11.3 Å². The van der Waals surface area contributed by atoms with Crippen LogP contribution in [0.3, 0.4) is 0 Å². The molecule has 4 nitrogen and oxygen atoms in total. The first-order valence-corrected chi connectivity index (χ1v) is 4.12. The van der Waals surface area contributed by atoms with E-state index >= 15 is 0 Å². The van der Waals surface area contributed by atoms with Crippen molar-refractivity contribution in [3.8, 4) is 5.88 Å². The van der Waals surface area contributed by atoms with E-state index in [1.54, 1.807) is 0 Å². The van der Waals surface area contributed by atoms with Gasteiger partial charge < -0.3 is 16.2 Å². The number of nitrogens with two attached hydrogens (primary N) is 2. The monoisotopic (exact) mass is 241 g/mol. The maximum absolute atomic E-state index is 11.9. The number of nitrogens with zero attached hydrogens (tertiary/aromatic N) is 1. The summed E-state index contributed by atoms with van der Waals surface area (Å²) in [4.78, 5) is 3.46. The van der Waals surface area contributed by atoms with Crippen molar-refractivity contribution in [1.82, 2.24) is 4.98 Å². The van der Waals surface area contributed by atoms with Gasteiger partial charge in [-0.3, -0.25) is 0 Å². The number of rotatable bonds is 2. The highest BCUT2D eigenvalue weighted by molar-refractivity contribution is 6.34. The molecule has 8 heteroatoms.